The summed E-state index contributed by atoms with van der Waals surface area (Å²) in [5, 5.41) is 2.77. The van der Waals surface area contributed by atoms with E-state index in [-0.39, 0.29) is 23.2 Å². The van der Waals surface area contributed by atoms with Crippen molar-refractivity contribution in [1.29, 1.82) is 0 Å². The molecular weight excluding hydrogens is 212 g/mol. The fourth-order valence-corrected chi connectivity index (χ4v) is 2.21. The van der Waals surface area contributed by atoms with Crippen molar-refractivity contribution in [3.8, 4) is 0 Å². The van der Waals surface area contributed by atoms with Crippen LogP contribution in [-0.4, -0.2) is 33.2 Å². The highest BCUT2D eigenvalue weighted by atomic mass is 32.2. The highest BCUT2D eigenvalue weighted by Crippen LogP contribution is 1.99. The molecular formula is C10H22N2O2S. The molecule has 0 aliphatic heterocycles. The Bertz CT molecular complexity index is 236. The number of nitrogens with one attached hydrogen (secondary N) is 1. The number of nitrogens with two attached hydrogens (primary N) is 1. The molecule has 4 nitrogen and oxygen atoms in total. The standard InChI is InChI=1S/C10H22N2O2S/c1-5-8(11)6-15(14)7-9(13)12-10(2,3)4/h8H,5-7,11H2,1-4H3,(H,12,13). The molecule has 0 saturated heterocycles. The molecule has 0 saturated carbocycles. The van der Waals surface area contributed by atoms with Gasteiger partial charge in [-0.2, -0.15) is 0 Å². The van der Waals surface area contributed by atoms with Crippen molar-refractivity contribution in [3.63, 3.8) is 0 Å². The van der Waals surface area contributed by atoms with Crippen molar-refractivity contribution >= 4 is 16.7 Å². The smallest absolute Gasteiger partial charge is 0.233 e. The van der Waals surface area contributed by atoms with E-state index in [0.717, 1.165) is 6.42 Å². The Kier molecular flexibility index (Phi) is 6.05. The third-order valence-corrected chi connectivity index (χ3v) is 3.11. The number of hydrogen-bond donors (Lipinski definition) is 2. The zero-order valence-corrected chi connectivity index (χ0v) is 10.8. The van der Waals surface area contributed by atoms with E-state index in [0.29, 0.717) is 5.75 Å². The van der Waals surface area contributed by atoms with Gasteiger partial charge in [-0.05, 0) is 27.2 Å². The largest absolute Gasteiger partial charge is 0.351 e. The minimum Gasteiger partial charge on any atom is -0.351 e. The molecule has 0 spiro atoms. The van der Waals surface area contributed by atoms with E-state index in [4.69, 9.17) is 5.73 Å². The highest BCUT2D eigenvalue weighted by molar-refractivity contribution is 7.85. The molecule has 0 aromatic carbocycles. The van der Waals surface area contributed by atoms with Gasteiger partial charge >= 0.3 is 0 Å². The van der Waals surface area contributed by atoms with Gasteiger partial charge in [-0.25, -0.2) is 0 Å². The molecule has 5 heteroatoms. The first-order chi connectivity index (χ1) is 6.74. The molecule has 2 unspecified atom stereocenters. The Morgan fingerprint density at radius 3 is 2.40 bits per heavy atom. The molecule has 0 aliphatic carbocycles. The normalized spacial score (nSPS) is 15.8. The van der Waals surface area contributed by atoms with Crippen molar-refractivity contribution in [2.24, 2.45) is 5.73 Å². The van der Waals surface area contributed by atoms with Gasteiger partial charge in [0.1, 0.15) is 5.75 Å². The first kappa shape index (κ1) is 14.6. The highest BCUT2D eigenvalue weighted by Gasteiger charge is 2.16. The van der Waals surface area contributed by atoms with Gasteiger partial charge in [0.25, 0.3) is 0 Å². The third-order valence-electron chi connectivity index (χ3n) is 1.73. The Morgan fingerprint density at radius 1 is 1.47 bits per heavy atom. The van der Waals surface area contributed by atoms with Crippen molar-refractivity contribution in [3.05, 3.63) is 0 Å². The van der Waals surface area contributed by atoms with Crippen LogP contribution in [-0.2, 0) is 15.6 Å². The lowest BCUT2D eigenvalue weighted by Gasteiger charge is -2.20. The molecule has 0 bridgehead atoms. The van der Waals surface area contributed by atoms with E-state index in [9.17, 15) is 9.00 Å². The summed E-state index contributed by atoms with van der Waals surface area (Å²) >= 11 is 0. The van der Waals surface area contributed by atoms with Crippen LogP contribution in [0.3, 0.4) is 0 Å². The Labute approximate surface area is 94.4 Å². The van der Waals surface area contributed by atoms with E-state index in [1.54, 1.807) is 0 Å². The fourth-order valence-electron chi connectivity index (χ4n) is 1.02. The lowest BCUT2D eigenvalue weighted by molar-refractivity contribution is -0.119. The topological polar surface area (TPSA) is 72.2 Å². The molecule has 0 aromatic rings. The lowest BCUT2D eigenvalue weighted by Crippen LogP contribution is -2.43. The van der Waals surface area contributed by atoms with Gasteiger partial charge in [-0.3, -0.25) is 9.00 Å². The third kappa shape index (κ3) is 8.57. The van der Waals surface area contributed by atoms with Crippen LogP contribution >= 0.6 is 0 Å². The molecule has 15 heavy (non-hydrogen) atoms. The summed E-state index contributed by atoms with van der Waals surface area (Å²) < 4.78 is 11.5. The van der Waals surface area contributed by atoms with E-state index in [2.05, 4.69) is 5.32 Å². The van der Waals surface area contributed by atoms with Crippen molar-refractivity contribution in [2.45, 2.75) is 45.7 Å². The summed E-state index contributed by atoms with van der Waals surface area (Å²) in [4.78, 5) is 11.4. The van der Waals surface area contributed by atoms with Crippen molar-refractivity contribution < 1.29 is 9.00 Å². The summed E-state index contributed by atoms with van der Waals surface area (Å²) in [6.07, 6.45) is 0.784. The fraction of sp³-hybridized carbons (Fsp3) is 0.900. The van der Waals surface area contributed by atoms with E-state index < -0.39 is 10.8 Å². The van der Waals surface area contributed by atoms with Crippen LogP contribution in [0.1, 0.15) is 34.1 Å². The summed E-state index contributed by atoms with van der Waals surface area (Å²) in [6.45, 7) is 7.62. The summed E-state index contributed by atoms with van der Waals surface area (Å²) in [5.74, 6) is 0.267. The average molecular weight is 234 g/mol. The molecule has 3 N–H and O–H groups in total. The van der Waals surface area contributed by atoms with Crippen LogP contribution in [0.25, 0.3) is 0 Å². The molecule has 0 rings (SSSR count). The molecule has 90 valence electrons. The molecule has 0 aliphatic rings. The predicted octanol–water partition coefficient (Wildman–Crippen LogP) is 0.387. The lowest BCUT2D eigenvalue weighted by atomic mass is 10.1. The maximum Gasteiger partial charge on any atom is 0.233 e. The summed E-state index contributed by atoms with van der Waals surface area (Å²) in [5.41, 5.74) is 5.38. The van der Waals surface area contributed by atoms with Gasteiger partial charge in [0.2, 0.25) is 5.91 Å². The number of hydrogen-bond acceptors (Lipinski definition) is 3. The second-order valence-corrected chi connectivity index (χ2v) is 6.22. The monoisotopic (exact) mass is 234 g/mol. The Balaban J connectivity index is 3.92. The van der Waals surface area contributed by atoms with Crippen molar-refractivity contribution in [1.82, 2.24) is 5.32 Å². The molecule has 2 atom stereocenters. The van der Waals surface area contributed by atoms with Crippen LogP contribution in [0.2, 0.25) is 0 Å². The van der Waals surface area contributed by atoms with E-state index in [1.165, 1.54) is 0 Å². The summed E-state index contributed by atoms with van der Waals surface area (Å²) in [7, 11) is -1.15. The zero-order chi connectivity index (χ0) is 12.1. The van der Waals surface area contributed by atoms with Gasteiger partial charge in [-0.1, -0.05) is 6.92 Å². The molecule has 0 fully saturated rings. The Hall–Kier alpha value is -0.420. The SMILES string of the molecule is CCC(N)CS(=O)CC(=O)NC(C)(C)C. The zero-order valence-electron chi connectivity index (χ0n) is 10.0. The number of carbonyl (C=O) groups is 1. The van der Waals surface area contributed by atoms with Gasteiger partial charge in [0.15, 0.2) is 0 Å². The second-order valence-electron chi connectivity index (χ2n) is 4.72. The number of rotatable bonds is 5. The van der Waals surface area contributed by atoms with E-state index >= 15 is 0 Å². The first-order valence-electron chi connectivity index (χ1n) is 5.16. The molecule has 0 radical (unpaired) electrons. The summed E-state index contributed by atoms with van der Waals surface area (Å²) in [6, 6.07) is -0.0757. The van der Waals surface area contributed by atoms with E-state index in [1.807, 2.05) is 27.7 Å². The minimum absolute atomic E-state index is 0.0466. The Morgan fingerprint density at radius 2 is 2.00 bits per heavy atom. The minimum atomic E-state index is -1.15. The number of amides is 1. The second kappa shape index (κ2) is 6.23. The first-order valence-corrected chi connectivity index (χ1v) is 6.65. The maximum absolute atomic E-state index is 11.5. The predicted molar refractivity (Wildman–Crippen MR) is 64.0 cm³/mol. The average Bonchev–Trinajstić information content (AvgIpc) is 1.99. The maximum atomic E-state index is 11.5. The van der Waals surface area contributed by atoms with Crippen molar-refractivity contribution in [2.75, 3.05) is 11.5 Å². The van der Waals surface area contributed by atoms with Crippen LogP contribution in [0.5, 0.6) is 0 Å². The number of carbonyl (C=O) groups excluding carboxylic acids is 1. The van der Waals surface area contributed by atoms with Crippen LogP contribution in [0.4, 0.5) is 0 Å². The quantitative estimate of drug-likeness (QED) is 0.722. The van der Waals surface area contributed by atoms with Gasteiger partial charge < -0.3 is 11.1 Å². The molecule has 0 heterocycles. The van der Waals surface area contributed by atoms with Crippen LogP contribution < -0.4 is 11.1 Å². The molecule has 0 aromatic heterocycles. The van der Waals surface area contributed by atoms with Crippen LogP contribution in [0.15, 0.2) is 0 Å². The molecule has 1 amide bonds. The van der Waals surface area contributed by atoms with Gasteiger partial charge in [0, 0.05) is 28.1 Å². The van der Waals surface area contributed by atoms with Gasteiger partial charge in [0.05, 0.1) is 0 Å². The van der Waals surface area contributed by atoms with Crippen LogP contribution in [0, 0.1) is 0 Å². The van der Waals surface area contributed by atoms with Gasteiger partial charge in [-0.15, -0.1) is 0 Å².